The highest BCUT2D eigenvalue weighted by Crippen LogP contribution is 2.10. The molecule has 24 heavy (non-hydrogen) atoms. The normalized spacial score (nSPS) is 10.2. The maximum atomic E-state index is 7.25. The number of aliphatic imine (C=N–C) groups is 1. The van der Waals surface area contributed by atoms with E-state index in [-0.39, 0.29) is 0 Å². The molecule has 4 N–H and O–H groups in total. The molecule has 2 aromatic carbocycles. The lowest BCUT2D eigenvalue weighted by Gasteiger charge is -2.19. The molecule has 6 nitrogen and oxygen atoms in total. The molecule has 0 saturated heterocycles. The molecule has 0 aliphatic carbocycles. The summed E-state index contributed by atoms with van der Waals surface area (Å²) in [5, 5.41) is 10.3. The number of para-hydroxylation sites is 2. The fraction of sp³-hybridized carbons (Fsp3) is 0.222. The van der Waals surface area contributed by atoms with Crippen molar-refractivity contribution in [2.45, 2.75) is 0 Å². The number of rotatable bonds is 2. The Morgan fingerprint density at radius 1 is 0.875 bits per heavy atom. The third-order valence-corrected chi connectivity index (χ3v) is 2.90. The topological polar surface area (TPSA) is 80.7 Å². The van der Waals surface area contributed by atoms with E-state index in [1.54, 1.807) is 9.80 Å². The fourth-order valence-corrected chi connectivity index (χ4v) is 1.74. The highest BCUT2D eigenvalue weighted by molar-refractivity contribution is 5.93. The molecule has 0 radical (unpaired) electrons. The summed E-state index contributed by atoms with van der Waals surface area (Å²) in [7, 11) is 7.40. The number of guanidine groups is 2. The van der Waals surface area contributed by atoms with E-state index >= 15 is 0 Å². The molecular weight excluding hydrogens is 300 g/mol. The molecule has 0 spiro atoms. The van der Waals surface area contributed by atoms with E-state index in [0.29, 0.717) is 11.9 Å². The SMILES string of the molecule is CN(C)C(=N)N(C)C.NC(=Nc1ccccc1)Nc1ccccc1. The van der Waals surface area contributed by atoms with Gasteiger partial charge in [-0.1, -0.05) is 36.4 Å². The number of hydrogen-bond donors (Lipinski definition) is 3. The van der Waals surface area contributed by atoms with E-state index in [0.717, 1.165) is 11.4 Å². The maximum Gasteiger partial charge on any atom is 0.198 e. The molecule has 0 saturated carbocycles. The first-order valence-electron chi connectivity index (χ1n) is 7.54. The van der Waals surface area contributed by atoms with Crippen LogP contribution < -0.4 is 11.1 Å². The van der Waals surface area contributed by atoms with Crippen LogP contribution in [0.4, 0.5) is 11.4 Å². The number of nitrogens with zero attached hydrogens (tertiary/aromatic N) is 3. The minimum absolute atomic E-state index is 0.386. The zero-order chi connectivity index (χ0) is 17.9. The third-order valence-electron chi connectivity index (χ3n) is 2.90. The van der Waals surface area contributed by atoms with Gasteiger partial charge < -0.3 is 20.9 Å². The second-order valence-electron chi connectivity index (χ2n) is 5.44. The Balaban J connectivity index is 0.000000307. The van der Waals surface area contributed by atoms with Crippen molar-refractivity contribution in [2.75, 3.05) is 33.5 Å². The van der Waals surface area contributed by atoms with E-state index in [1.165, 1.54) is 0 Å². The largest absolute Gasteiger partial charge is 0.369 e. The Bertz CT molecular complexity index is 625. The summed E-state index contributed by atoms with van der Waals surface area (Å²) >= 11 is 0. The van der Waals surface area contributed by atoms with Crippen LogP contribution in [0.15, 0.2) is 65.7 Å². The number of benzene rings is 2. The molecule has 0 amide bonds. The molecule has 0 atom stereocenters. The van der Waals surface area contributed by atoms with E-state index in [2.05, 4.69) is 10.3 Å². The quantitative estimate of drug-likeness (QED) is 0.585. The van der Waals surface area contributed by atoms with Gasteiger partial charge in [0.05, 0.1) is 5.69 Å². The van der Waals surface area contributed by atoms with E-state index < -0.39 is 0 Å². The Hall–Kier alpha value is -3.02. The van der Waals surface area contributed by atoms with Crippen molar-refractivity contribution >= 4 is 23.3 Å². The van der Waals surface area contributed by atoms with Crippen LogP contribution in [0, 0.1) is 5.41 Å². The molecule has 0 unspecified atom stereocenters. The summed E-state index contributed by atoms with van der Waals surface area (Å²) in [5.74, 6) is 0.905. The van der Waals surface area contributed by atoms with Gasteiger partial charge in [0.25, 0.3) is 0 Å². The fourth-order valence-electron chi connectivity index (χ4n) is 1.74. The van der Waals surface area contributed by atoms with Crippen LogP contribution in [0.3, 0.4) is 0 Å². The Morgan fingerprint density at radius 3 is 1.75 bits per heavy atom. The maximum absolute atomic E-state index is 7.25. The molecule has 0 heterocycles. The van der Waals surface area contributed by atoms with Gasteiger partial charge in [0.2, 0.25) is 0 Å². The van der Waals surface area contributed by atoms with Gasteiger partial charge >= 0.3 is 0 Å². The average Bonchev–Trinajstić information content (AvgIpc) is 2.56. The summed E-state index contributed by atoms with van der Waals surface area (Å²) in [6.45, 7) is 0. The predicted molar refractivity (Wildman–Crippen MR) is 103 cm³/mol. The molecule has 2 aromatic rings. The Labute approximate surface area is 144 Å². The molecule has 2 rings (SSSR count). The zero-order valence-electron chi connectivity index (χ0n) is 14.7. The van der Waals surface area contributed by atoms with Gasteiger partial charge in [-0.15, -0.1) is 0 Å². The standard InChI is InChI=1S/C13H13N3.C5H13N3/c14-13(15-11-7-3-1-4-8-11)16-12-9-5-2-6-10-12;1-7(2)5(6)8(3)4/h1-10H,(H3,14,15,16);6H,1-4H3. The van der Waals surface area contributed by atoms with E-state index in [1.807, 2.05) is 88.9 Å². The van der Waals surface area contributed by atoms with Gasteiger partial charge in [0, 0.05) is 33.9 Å². The predicted octanol–water partition coefficient (Wildman–Crippen LogP) is 2.79. The van der Waals surface area contributed by atoms with Gasteiger partial charge in [-0.05, 0) is 24.3 Å². The van der Waals surface area contributed by atoms with Crippen LogP contribution in [-0.2, 0) is 0 Å². The van der Waals surface area contributed by atoms with Crippen molar-refractivity contribution in [3.8, 4) is 0 Å². The molecular formula is C18H26N6. The zero-order valence-corrected chi connectivity index (χ0v) is 14.7. The highest BCUT2D eigenvalue weighted by atomic mass is 15.3. The minimum atomic E-state index is 0.386. The number of nitrogens with one attached hydrogen (secondary N) is 2. The van der Waals surface area contributed by atoms with Crippen molar-refractivity contribution in [1.29, 1.82) is 5.41 Å². The smallest absolute Gasteiger partial charge is 0.198 e. The number of anilines is 1. The molecule has 0 aliphatic rings. The molecule has 0 aliphatic heterocycles. The molecule has 0 aromatic heterocycles. The van der Waals surface area contributed by atoms with Gasteiger partial charge in [-0.2, -0.15) is 0 Å². The van der Waals surface area contributed by atoms with Crippen molar-refractivity contribution in [3.63, 3.8) is 0 Å². The van der Waals surface area contributed by atoms with Gasteiger partial charge in [-0.3, -0.25) is 5.41 Å². The third kappa shape index (κ3) is 7.31. The van der Waals surface area contributed by atoms with Gasteiger partial charge in [-0.25, -0.2) is 4.99 Å². The highest BCUT2D eigenvalue weighted by Gasteiger charge is 1.97. The van der Waals surface area contributed by atoms with Crippen LogP contribution in [0.25, 0.3) is 0 Å². The van der Waals surface area contributed by atoms with Crippen LogP contribution in [0.5, 0.6) is 0 Å². The summed E-state index contributed by atoms with van der Waals surface area (Å²) < 4.78 is 0. The Kier molecular flexibility index (Phi) is 7.84. The molecule has 0 fully saturated rings. The average molecular weight is 326 g/mol. The first-order chi connectivity index (χ1) is 11.4. The van der Waals surface area contributed by atoms with Gasteiger partial charge in [0.15, 0.2) is 11.9 Å². The lowest BCUT2D eigenvalue weighted by Crippen LogP contribution is -2.34. The summed E-state index contributed by atoms with van der Waals surface area (Å²) in [5.41, 5.74) is 7.54. The second kappa shape index (κ2) is 9.89. The van der Waals surface area contributed by atoms with Crippen molar-refractivity contribution in [3.05, 3.63) is 60.7 Å². The van der Waals surface area contributed by atoms with Crippen LogP contribution in [0.1, 0.15) is 0 Å². The molecule has 6 heteroatoms. The molecule has 128 valence electrons. The first kappa shape index (κ1) is 19.0. The summed E-state index contributed by atoms with van der Waals surface area (Å²) in [6, 6.07) is 19.3. The van der Waals surface area contributed by atoms with Crippen LogP contribution in [-0.4, -0.2) is 49.9 Å². The number of hydrogen-bond acceptors (Lipinski definition) is 2. The summed E-state index contributed by atoms with van der Waals surface area (Å²) in [6.07, 6.45) is 0. The molecule has 0 bridgehead atoms. The van der Waals surface area contributed by atoms with Gasteiger partial charge in [0.1, 0.15) is 0 Å². The van der Waals surface area contributed by atoms with E-state index in [9.17, 15) is 0 Å². The van der Waals surface area contributed by atoms with Crippen molar-refractivity contribution in [2.24, 2.45) is 10.7 Å². The van der Waals surface area contributed by atoms with Crippen molar-refractivity contribution in [1.82, 2.24) is 9.80 Å². The number of nitrogens with two attached hydrogens (primary N) is 1. The van der Waals surface area contributed by atoms with Crippen LogP contribution >= 0.6 is 0 Å². The van der Waals surface area contributed by atoms with Crippen molar-refractivity contribution < 1.29 is 0 Å². The summed E-state index contributed by atoms with van der Waals surface area (Å²) in [4.78, 5) is 7.74. The van der Waals surface area contributed by atoms with Crippen LogP contribution in [0.2, 0.25) is 0 Å². The second-order valence-corrected chi connectivity index (χ2v) is 5.44. The van der Waals surface area contributed by atoms with E-state index in [4.69, 9.17) is 11.1 Å². The lowest BCUT2D eigenvalue weighted by atomic mass is 10.3. The first-order valence-corrected chi connectivity index (χ1v) is 7.54. The Morgan fingerprint density at radius 2 is 1.33 bits per heavy atom. The minimum Gasteiger partial charge on any atom is -0.369 e. The monoisotopic (exact) mass is 326 g/mol. The lowest BCUT2D eigenvalue weighted by molar-refractivity contribution is 0.478.